The Morgan fingerprint density at radius 2 is 2.07 bits per heavy atom. The van der Waals surface area contributed by atoms with Gasteiger partial charge in [-0.05, 0) is 45.9 Å². The Balaban J connectivity index is 1.67. The highest BCUT2D eigenvalue weighted by atomic mass is 16.5. The number of hydrogen-bond donors (Lipinski definition) is 1. The molecule has 0 fully saturated rings. The maximum atomic E-state index is 12.6. The molecule has 0 aliphatic carbocycles. The molecule has 0 bridgehead atoms. The van der Waals surface area contributed by atoms with Crippen molar-refractivity contribution in [1.29, 1.82) is 0 Å². The Kier molecular flexibility index (Phi) is 5.30. The molecular formula is C20H24N4O3. The van der Waals surface area contributed by atoms with Crippen molar-refractivity contribution in [2.75, 3.05) is 0 Å². The van der Waals surface area contributed by atoms with Gasteiger partial charge in [0, 0.05) is 24.4 Å². The molecule has 7 heteroatoms. The zero-order valence-corrected chi connectivity index (χ0v) is 16.2. The second kappa shape index (κ2) is 7.65. The van der Waals surface area contributed by atoms with Crippen LogP contribution < -0.4 is 10.1 Å². The number of aryl methyl sites for hydroxylation is 4. The van der Waals surface area contributed by atoms with Gasteiger partial charge in [0.25, 0.3) is 5.91 Å². The van der Waals surface area contributed by atoms with Crippen LogP contribution in [0.4, 0.5) is 0 Å². The van der Waals surface area contributed by atoms with Crippen molar-refractivity contribution in [2.24, 2.45) is 7.05 Å². The summed E-state index contributed by atoms with van der Waals surface area (Å²) >= 11 is 0. The Morgan fingerprint density at radius 1 is 1.30 bits per heavy atom. The van der Waals surface area contributed by atoms with E-state index in [9.17, 15) is 4.79 Å². The van der Waals surface area contributed by atoms with Crippen molar-refractivity contribution in [2.45, 2.75) is 40.3 Å². The van der Waals surface area contributed by atoms with E-state index in [1.54, 1.807) is 22.9 Å². The fourth-order valence-corrected chi connectivity index (χ4v) is 2.99. The molecule has 3 aromatic rings. The van der Waals surface area contributed by atoms with Crippen LogP contribution in [0.15, 0.2) is 35.0 Å². The van der Waals surface area contributed by atoms with Gasteiger partial charge in [-0.15, -0.1) is 0 Å². The lowest BCUT2D eigenvalue weighted by Gasteiger charge is -2.14. The molecule has 142 valence electrons. The van der Waals surface area contributed by atoms with E-state index in [2.05, 4.69) is 15.6 Å². The summed E-state index contributed by atoms with van der Waals surface area (Å²) in [6.07, 6.45) is 1.92. The molecule has 0 unspecified atom stereocenters. The maximum Gasteiger partial charge on any atom is 0.251 e. The van der Waals surface area contributed by atoms with E-state index in [1.807, 2.05) is 47.0 Å². The summed E-state index contributed by atoms with van der Waals surface area (Å²) in [5, 5.41) is 11.2. The first-order chi connectivity index (χ1) is 12.8. The highest BCUT2D eigenvalue weighted by molar-refractivity contribution is 5.94. The maximum absolute atomic E-state index is 12.6. The molecule has 2 heterocycles. The van der Waals surface area contributed by atoms with Crippen molar-refractivity contribution in [3.05, 3.63) is 64.3 Å². The normalized spacial score (nSPS) is 12.0. The Bertz CT molecular complexity index is 939. The fourth-order valence-electron chi connectivity index (χ4n) is 2.99. The number of rotatable bonds is 6. The molecule has 7 nitrogen and oxygen atoms in total. The van der Waals surface area contributed by atoms with Gasteiger partial charge in [0.15, 0.2) is 0 Å². The van der Waals surface area contributed by atoms with E-state index in [0.29, 0.717) is 17.9 Å². The number of nitrogens with zero attached hydrogens (tertiary/aromatic N) is 3. The van der Waals surface area contributed by atoms with Gasteiger partial charge in [-0.25, -0.2) is 0 Å². The van der Waals surface area contributed by atoms with Crippen LogP contribution in [0.1, 0.15) is 51.6 Å². The predicted octanol–water partition coefficient (Wildman–Crippen LogP) is 3.40. The number of carbonyl (C=O) groups is 1. The van der Waals surface area contributed by atoms with Gasteiger partial charge < -0.3 is 14.6 Å². The van der Waals surface area contributed by atoms with Gasteiger partial charge in [-0.3, -0.25) is 9.48 Å². The molecule has 27 heavy (non-hydrogen) atoms. The third-order valence-electron chi connectivity index (χ3n) is 4.53. The summed E-state index contributed by atoms with van der Waals surface area (Å²) in [5.41, 5.74) is 4.17. The molecule has 0 aliphatic rings. The summed E-state index contributed by atoms with van der Waals surface area (Å²) in [6, 6.07) is 6.98. The molecule has 0 aliphatic heterocycles. The summed E-state index contributed by atoms with van der Waals surface area (Å²) < 4.78 is 12.7. The van der Waals surface area contributed by atoms with Gasteiger partial charge in [-0.2, -0.15) is 5.10 Å². The third-order valence-corrected chi connectivity index (χ3v) is 4.53. The van der Waals surface area contributed by atoms with Crippen LogP contribution >= 0.6 is 0 Å². The number of hydrogen-bond acceptors (Lipinski definition) is 5. The number of ether oxygens (including phenoxy) is 1. The Labute approximate surface area is 158 Å². The average molecular weight is 368 g/mol. The predicted molar refractivity (Wildman–Crippen MR) is 101 cm³/mol. The highest BCUT2D eigenvalue weighted by Crippen LogP contribution is 2.20. The summed E-state index contributed by atoms with van der Waals surface area (Å²) in [5.74, 6) is 1.20. The minimum Gasteiger partial charge on any atom is -0.489 e. The van der Waals surface area contributed by atoms with Crippen LogP contribution in [0.2, 0.25) is 0 Å². The lowest BCUT2D eigenvalue weighted by molar-refractivity contribution is 0.0939. The molecular weight excluding hydrogens is 344 g/mol. The topological polar surface area (TPSA) is 82.2 Å². The SMILES string of the molecule is Cc1nn(C)cc1[C@H](C)NC(=O)c1cccc(OCc2c(C)noc2C)c1. The first-order valence-corrected chi connectivity index (χ1v) is 8.80. The van der Waals surface area contributed by atoms with Crippen molar-refractivity contribution < 1.29 is 14.1 Å². The Morgan fingerprint density at radius 3 is 2.70 bits per heavy atom. The van der Waals surface area contributed by atoms with Gasteiger partial charge in [0.1, 0.15) is 18.1 Å². The lowest BCUT2D eigenvalue weighted by atomic mass is 10.1. The fraction of sp³-hybridized carbons (Fsp3) is 0.350. The van der Waals surface area contributed by atoms with E-state index in [-0.39, 0.29) is 11.9 Å². The first-order valence-electron chi connectivity index (χ1n) is 8.80. The molecule has 0 spiro atoms. The molecule has 1 amide bonds. The average Bonchev–Trinajstić information content (AvgIpc) is 3.14. The molecule has 1 aromatic carbocycles. The van der Waals surface area contributed by atoms with Gasteiger partial charge in [0.2, 0.25) is 0 Å². The third kappa shape index (κ3) is 4.19. The van der Waals surface area contributed by atoms with Gasteiger partial charge >= 0.3 is 0 Å². The van der Waals surface area contributed by atoms with E-state index in [1.165, 1.54) is 0 Å². The van der Waals surface area contributed by atoms with Crippen LogP contribution in [0, 0.1) is 20.8 Å². The van der Waals surface area contributed by atoms with Crippen LogP contribution in [-0.2, 0) is 13.7 Å². The molecule has 2 aromatic heterocycles. The number of benzene rings is 1. The zero-order valence-electron chi connectivity index (χ0n) is 16.2. The monoisotopic (exact) mass is 368 g/mol. The number of nitrogens with one attached hydrogen (secondary N) is 1. The molecule has 0 radical (unpaired) electrons. The molecule has 1 atom stereocenters. The number of amides is 1. The molecule has 0 saturated carbocycles. The first kappa shape index (κ1) is 18.7. The van der Waals surface area contributed by atoms with Gasteiger partial charge in [0.05, 0.1) is 23.0 Å². The molecule has 0 saturated heterocycles. The van der Waals surface area contributed by atoms with Crippen LogP contribution in [0.5, 0.6) is 5.75 Å². The van der Waals surface area contributed by atoms with Gasteiger partial charge in [-0.1, -0.05) is 11.2 Å². The van der Waals surface area contributed by atoms with Crippen LogP contribution in [0.3, 0.4) is 0 Å². The van der Waals surface area contributed by atoms with E-state index >= 15 is 0 Å². The second-order valence-corrected chi connectivity index (χ2v) is 6.66. The van der Waals surface area contributed by atoms with Crippen LogP contribution in [0.25, 0.3) is 0 Å². The minimum absolute atomic E-state index is 0.141. The quantitative estimate of drug-likeness (QED) is 0.721. The largest absolute Gasteiger partial charge is 0.489 e. The lowest BCUT2D eigenvalue weighted by Crippen LogP contribution is -2.26. The molecule has 1 N–H and O–H groups in total. The standard InChI is InChI=1S/C20H24N4O3/c1-12(18-10-24(5)22-13(18)2)21-20(25)16-7-6-8-17(9-16)26-11-19-14(3)23-27-15(19)4/h6-10,12H,11H2,1-5H3,(H,21,25)/t12-/m0/s1. The Hall–Kier alpha value is -3.09. The highest BCUT2D eigenvalue weighted by Gasteiger charge is 2.16. The molecule has 3 rings (SSSR count). The second-order valence-electron chi connectivity index (χ2n) is 6.66. The van der Waals surface area contributed by atoms with E-state index in [0.717, 1.165) is 28.3 Å². The minimum atomic E-state index is -0.159. The number of carbonyl (C=O) groups excluding carboxylic acids is 1. The van der Waals surface area contributed by atoms with E-state index in [4.69, 9.17) is 9.26 Å². The summed E-state index contributed by atoms with van der Waals surface area (Å²) in [6.45, 7) is 7.95. The summed E-state index contributed by atoms with van der Waals surface area (Å²) in [4.78, 5) is 12.6. The smallest absolute Gasteiger partial charge is 0.251 e. The van der Waals surface area contributed by atoms with Crippen molar-refractivity contribution >= 4 is 5.91 Å². The van der Waals surface area contributed by atoms with Crippen molar-refractivity contribution in [3.8, 4) is 5.75 Å². The van der Waals surface area contributed by atoms with Crippen molar-refractivity contribution in [1.82, 2.24) is 20.3 Å². The van der Waals surface area contributed by atoms with Crippen molar-refractivity contribution in [3.63, 3.8) is 0 Å². The van der Waals surface area contributed by atoms with Crippen LogP contribution in [-0.4, -0.2) is 20.8 Å². The number of aromatic nitrogens is 3. The zero-order chi connectivity index (χ0) is 19.6. The van der Waals surface area contributed by atoms with E-state index < -0.39 is 0 Å². The summed E-state index contributed by atoms with van der Waals surface area (Å²) in [7, 11) is 1.87.